The zero-order valence-corrected chi connectivity index (χ0v) is 12.3. The number of rotatable bonds is 3. The van der Waals surface area contributed by atoms with Gasteiger partial charge in [-0.05, 0) is 31.0 Å². The molecule has 114 valence electrons. The standard InChI is InChI=1S/C14H18ClN3O3/c15-10-3-1-5-12(7-10)18(9-13(19)20)14(21)17-6-2-4-11(16)8-17/h1,3,5,7,11H,2,4,6,8-9,16H2,(H,19,20). The molecule has 2 amide bonds. The maximum absolute atomic E-state index is 12.6. The molecule has 1 saturated heterocycles. The van der Waals surface area contributed by atoms with E-state index in [0.29, 0.717) is 23.8 Å². The summed E-state index contributed by atoms with van der Waals surface area (Å²) in [6.45, 7) is 0.615. The molecule has 0 aliphatic carbocycles. The van der Waals surface area contributed by atoms with E-state index in [1.807, 2.05) is 0 Å². The molecule has 7 heteroatoms. The summed E-state index contributed by atoms with van der Waals surface area (Å²) in [5.74, 6) is -1.08. The number of halogens is 1. The maximum Gasteiger partial charge on any atom is 0.325 e. The number of hydrogen-bond acceptors (Lipinski definition) is 3. The number of carboxylic acid groups (broad SMARTS) is 1. The molecule has 1 aromatic rings. The Morgan fingerprint density at radius 2 is 2.24 bits per heavy atom. The molecule has 0 saturated carbocycles. The molecule has 1 atom stereocenters. The molecule has 1 aromatic carbocycles. The summed E-state index contributed by atoms with van der Waals surface area (Å²) in [4.78, 5) is 26.4. The van der Waals surface area contributed by atoms with Crippen LogP contribution < -0.4 is 10.6 Å². The smallest absolute Gasteiger partial charge is 0.325 e. The lowest BCUT2D eigenvalue weighted by Gasteiger charge is -2.34. The van der Waals surface area contributed by atoms with Crippen molar-refractivity contribution in [1.29, 1.82) is 0 Å². The van der Waals surface area contributed by atoms with Gasteiger partial charge < -0.3 is 15.7 Å². The van der Waals surface area contributed by atoms with E-state index < -0.39 is 12.5 Å². The minimum atomic E-state index is -1.08. The van der Waals surface area contributed by atoms with Gasteiger partial charge in [-0.2, -0.15) is 0 Å². The van der Waals surface area contributed by atoms with Gasteiger partial charge in [0, 0.05) is 29.8 Å². The highest BCUT2D eigenvalue weighted by Crippen LogP contribution is 2.22. The number of carbonyl (C=O) groups is 2. The van der Waals surface area contributed by atoms with Crippen LogP contribution >= 0.6 is 11.6 Å². The summed E-state index contributed by atoms with van der Waals surface area (Å²) in [7, 11) is 0. The van der Waals surface area contributed by atoms with E-state index in [0.717, 1.165) is 12.8 Å². The summed E-state index contributed by atoms with van der Waals surface area (Å²) in [6, 6.07) is 6.18. The van der Waals surface area contributed by atoms with Crippen LogP contribution in [0.3, 0.4) is 0 Å². The first-order valence-electron chi connectivity index (χ1n) is 6.77. The number of likely N-dealkylation sites (tertiary alicyclic amines) is 1. The summed E-state index contributed by atoms with van der Waals surface area (Å²) in [5, 5.41) is 9.49. The summed E-state index contributed by atoms with van der Waals surface area (Å²) >= 11 is 5.92. The molecule has 1 aliphatic rings. The van der Waals surface area contributed by atoms with Crippen LogP contribution in [0.1, 0.15) is 12.8 Å². The van der Waals surface area contributed by atoms with E-state index in [2.05, 4.69) is 0 Å². The van der Waals surface area contributed by atoms with Crippen LogP contribution in [0.25, 0.3) is 0 Å². The number of benzene rings is 1. The fourth-order valence-electron chi connectivity index (χ4n) is 2.40. The molecule has 2 rings (SSSR count). The summed E-state index contributed by atoms with van der Waals surface area (Å²) in [6.07, 6.45) is 1.70. The normalized spacial score (nSPS) is 18.4. The predicted molar refractivity (Wildman–Crippen MR) is 80.6 cm³/mol. The maximum atomic E-state index is 12.6. The Kier molecular flexibility index (Phi) is 5.03. The first-order chi connectivity index (χ1) is 9.97. The van der Waals surface area contributed by atoms with Crippen molar-refractivity contribution in [3.63, 3.8) is 0 Å². The zero-order valence-electron chi connectivity index (χ0n) is 11.5. The van der Waals surface area contributed by atoms with Crippen molar-refractivity contribution in [2.24, 2.45) is 5.73 Å². The number of carboxylic acids is 1. The van der Waals surface area contributed by atoms with Crippen molar-refractivity contribution < 1.29 is 14.7 Å². The number of amides is 2. The van der Waals surface area contributed by atoms with Crippen LogP contribution in [0.2, 0.25) is 5.02 Å². The van der Waals surface area contributed by atoms with Gasteiger partial charge in [-0.25, -0.2) is 4.79 Å². The second kappa shape index (κ2) is 6.78. The fourth-order valence-corrected chi connectivity index (χ4v) is 2.59. The molecule has 6 nitrogen and oxygen atoms in total. The highest BCUT2D eigenvalue weighted by atomic mass is 35.5. The van der Waals surface area contributed by atoms with Gasteiger partial charge in [-0.1, -0.05) is 17.7 Å². The number of aliphatic carboxylic acids is 1. The molecule has 1 fully saturated rings. The summed E-state index contributed by atoms with van der Waals surface area (Å²) in [5.41, 5.74) is 6.34. The Hall–Kier alpha value is -1.79. The SMILES string of the molecule is NC1CCCN(C(=O)N(CC(=O)O)c2cccc(Cl)c2)C1. The Morgan fingerprint density at radius 3 is 2.86 bits per heavy atom. The number of hydrogen-bond donors (Lipinski definition) is 2. The molecule has 0 radical (unpaired) electrons. The molecule has 0 spiro atoms. The van der Waals surface area contributed by atoms with Gasteiger partial charge in [0.15, 0.2) is 0 Å². The van der Waals surface area contributed by atoms with Gasteiger partial charge in [0.25, 0.3) is 0 Å². The number of nitrogens with zero attached hydrogens (tertiary/aromatic N) is 2. The molecular formula is C14H18ClN3O3. The van der Waals surface area contributed by atoms with E-state index in [-0.39, 0.29) is 12.1 Å². The quantitative estimate of drug-likeness (QED) is 0.890. The highest BCUT2D eigenvalue weighted by Gasteiger charge is 2.27. The highest BCUT2D eigenvalue weighted by molar-refractivity contribution is 6.30. The van der Waals surface area contributed by atoms with Crippen LogP contribution in [-0.4, -0.2) is 47.7 Å². The van der Waals surface area contributed by atoms with Crippen LogP contribution in [0.4, 0.5) is 10.5 Å². The Morgan fingerprint density at radius 1 is 1.48 bits per heavy atom. The number of carbonyl (C=O) groups excluding carboxylic acids is 1. The lowest BCUT2D eigenvalue weighted by atomic mass is 10.1. The third-order valence-electron chi connectivity index (χ3n) is 3.37. The number of urea groups is 1. The average molecular weight is 312 g/mol. The van der Waals surface area contributed by atoms with Crippen molar-refractivity contribution in [3.05, 3.63) is 29.3 Å². The third kappa shape index (κ3) is 4.09. The van der Waals surface area contributed by atoms with E-state index in [4.69, 9.17) is 22.4 Å². The molecule has 3 N–H and O–H groups in total. The van der Waals surface area contributed by atoms with Crippen LogP contribution in [0.15, 0.2) is 24.3 Å². The second-order valence-electron chi connectivity index (χ2n) is 5.09. The lowest BCUT2D eigenvalue weighted by Crippen LogP contribution is -2.52. The van der Waals surface area contributed by atoms with Gasteiger partial charge in [-0.15, -0.1) is 0 Å². The molecule has 0 bridgehead atoms. The predicted octanol–water partition coefficient (Wildman–Crippen LogP) is 1.77. The minimum absolute atomic E-state index is 0.0614. The van der Waals surface area contributed by atoms with Gasteiger partial charge in [-0.3, -0.25) is 9.69 Å². The van der Waals surface area contributed by atoms with Crippen LogP contribution in [0.5, 0.6) is 0 Å². The van der Waals surface area contributed by atoms with Crippen LogP contribution in [0, 0.1) is 0 Å². The zero-order chi connectivity index (χ0) is 15.4. The topological polar surface area (TPSA) is 86.9 Å². The minimum Gasteiger partial charge on any atom is -0.480 e. The van der Waals surface area contributed by atoms with E-state index in [1.165, 1.54) is 4.90 Å². The fraction of sp³-hybridized carbons (Fsp3) is 0.429. The Labute approximate surface area is 128 Å². The van der Waals surface area contributed by atoms with Gasteiger partial charge in [0.1, 0.15) is 6.54 Å². The lowest BCUT2D eigenvalue weighted by molar-refractivity contribution is -0.135. The monoisotopic (exact) mass is 311 g/mol. The van der Waals surface area contributed by atoms with Crippen molar-refractivity contribution in [1.82, 2.24) is 4.90 Å². The molecule has 1 aliphatic heterocycles. The van der Waals surface area contributed by atoms with Crippen molar-refractivity contribution >= 4 is 29.3 Å². The Bertz CT molecular complexity index is 538. The second-order valence-corrected chi connectivity index (χ2v) is 5.53. The molecule has 21 heavy (non-hydrogen) atoms. The third-order valence-corrected chi connectivity index (χ3v) is 3.61. The molecule has 1 heterocycles. The van der Waals surface area contributed by atoms with Gasteiger partial charge in [0.05, 0.1) is 0 Å². The van der Waals surface area contributed by atoms with Crippen molar-refractivity contribution in [2.45, 2.75) is 18.9 Å². The molecule has 0 aromatic heterocycles. The number of anilines is 1. The van der Waals surface area contributed by atoms with E-state index in [1.54, 1.807) is 29.2 Å². The van der Waals surface area contributed by atoms with Crippen molar-refractivity contribution in [3.8, 4) is 0 Å². The average Bonchev–Trinajstić information content (AvgIpc) is 2.44. The van der Waals surface area contributed by atoms with E-state index >= 15 is 0 Å². The Balaban J connectivity index is 2.22. The largest absolute Gasteiger partial charge is 0.480 e. The molecule has 1 unspecified atom stereocenters. The first-order valence-corrected chi connectivity index (χ1v) is 7.14. The van der Waals surface area contributed by atoms with Crippen LogP contribution in [-0.2, 0) is 4.79 Å². The number of piperidine rings is 1. The molecular weight excluding hydrogens is 294 g/mol. The van der Waals surface area contributed by atoms with Gasteiger partial charge in [0.2, 0.25) is 0 Å². The summed E-state index contributed by atoms with van der Waals surface area (Å²) < 4.78 is 0. The first kappa shape index (κ1) is 15.6. The van der Waals surface area contributed by atoms with Crippen molar-refractivity contribution in [2.75, 3.05) is 24.5 Å². The van der Waals surface area contributed by atoms with E-state index in [9.17, 15) is 9.59 Å². The van der Waals surface area contributed by atoms with Gasteiger partial charge >= 0.3 is 12.0 Å². The number of nitrogens with two attached hydrogens (primary N) is 1.